The van der Waals surface area contributed by atoms with E-state index in [1.165, 1.54) is 34.9 Å². The summed E-state index contributed by atoms with van der Waals surface area (Å²) in [5, 5.41) is 0. The Hall–Kier alpha value is -12.5. The van der Waals surface area contributed by atoms with Crippen LogP contribution in [0.15, 0.2) is 247 Å². The molecule has 3 aliphatic heterocycles. The molecule has 0 saturated carbocycles. The highest BCUT2D eigenvalue weighted by Gasteiger charge is 2.32. The van der Waals surface area contributed by atoms with Gasteiger partial charge in [0.15, 0.2) is 11.6 Å². The lowest BCUT2D eigenvalue weighted by molar-refractivity contribution is -0.128. The van der Waals surface area contributed by atoms with Gasteiger partial charge in [-0.3, -0.25) is 56.7 Å². The summed E-state index contributed by atoms with van der Waals surface area (Å²) in [4.78, 5) is 99.3. The van der Waals surface area contributed by atoms with Crippen molar-refractivity contribution in [3.8, 4) is 51.7 Å². The third-order valence-corrected chi connectivity index (χ3v) is 18.2. The summed E-state index contributed by atoms with van der Waals surface area (Å²) in [7, 11) is 0. The van der Waals surface area contributed by atoms with E-state index in [0.29, 0.717) is 96.7 Å². The second-order valence-corrected chi connectivity index (χ2v) is 24.8. The zero-order valence-corrected chi connectivity index (χ0v) is 55.7. The van der Waals surface area contributed by atoms with E-state index in [0.717, 1.165) is 64.8 Å². The van der Waals surface area contributed by atoms with Crippen LogP contribution in [0.25, 0.3) is 50.2 Å². The Kier molecular flexibility index (Phi) is 19.7. The molecular weight excluding hydrogens is 1280 g/mol. The van der Waals surface area contributed by atoms with E-state index < -0.39 is 5.82 Å². The van der Waals surface area contributed by atoms with Crippen LogP contribution in [-0.4, -0.2) is 119 Å². The first-order chi connectivity index (χ1) is 49.2. The molecule has 5 aromatic carbocycles. The number of rotatable bonds is 15. The van der Waals surface area contributed by atoms with Crippen molar-refractivity contribution in [2.24, 2.45) is 0 Å². The summed E-state index contributed by atoms with van der Waals surface area (Å²) >= 11 is 0. The van der Waals surface area contributed by atoms with E-state index in [1.54, 1.807) is 117 Å². The summed E-state index contributed by atoms with van der Waals surface area (Å²) < 4.78 is 42.5. The third-order valence-electron chi connectivity index (χ3n) is 18.2. The van der Waals surface area contributed by atoms with Gasteiger partial charge in [-0.1, -0.05) is 50.1 Å². The Morgan fingerprint density at radius 3 is 1.30 bits per heavy atom. The molecule has 3 atom stereocenters. The van der Waals surface area contributed by atoms with Gasteiger partial charge in [0.25, 0.3) is 0 Å². The molecule has 15 rings (SSSR count). The number of carbonyl (C=O) groups is 3. The lowest BCUT2D eigenvalue weighted by Gasteiger charge is -2.32. The van der Waals surface area contributed by atoms with Gasteiger partial charge < -0.3 is 28.9 Å². The highest BCUT2D eigenvalue weighted by molar-refractivity contribution is 5.88. The normalized spacial score (nSPS) is 15.8. The first-order valence-electron chi connectivity index (χ1n) is 33.2. The molecule has 3 saturated heterocycles. The lowest BCUT2D eigenvalue weighted by atomic mass is 10.1. The van der Waals surface area contributed by atoms with Gasteiger partial charge in [0, 0.05) is 76.2 Å². The number of piperidine rings is 2. The number of ether oxygens (including phenoxy) is 3. The smallest absolute Gasteiger partial charge is 0.334 e. The van der Waals surface area contributed by atoms with Gasteiger partial charge in [-0.05, 0) is 185 Å². The lowest BCUT2D eigenvalue weighted by Crippen LogP contribution is -2.42. The van der Waals surface area contributed by atoms with Crippen LogP contribution < -0.4 is 31.3 Å². The average molecular weight is 1350 g/mol. The molecule has 3 fully saturated rings. The molecule has 0 unspecified atom stereocenters. The molecule has 23 heteroatoms. The van der Waals surface area contributed by atoms with Crippen molar-refractivity contribution in [3.05, 3.63) is 281 Å². The number of benzene rings is 5. The molecule has 3 amide bonds. The molecular formula is C78H72FN13O9. The quantitative estimate of drug-likeness (QED) is 0.0873. The summed E-state index contributed by atoms with van der Waals surface area (Å²) in [5.74, 6) is 2.22. The summed E-state index contributed by atoms with van der Waals surface area (Å²) in [5.41, 5.74) is 7.60. The Balaban J connectivity index is 0.000000136. The van der Waals surface area contributed by atoms with Crippen molar-refractivity contribution < 1.29 is 33.0 Å². The van der Waals surface area contributed by atoms with Crippen LogP contribution in [0.5, 0.6) is 34.6 Å². The van der Waals surface area contributed by atoms with Gasteiger partial charge in [0.2, 0.25) is 23.6 Å². The Bertz CT molecular complexity index is 5290. The summed E-state index contributed by atoms with van der Waals surface area (Å²) in [6, 6.07) is 44.9. The van der Waals surface area contributed by atoms with E-state index in [2.05, 4.69) is 39.7 Å². The number of aryl methyl sites for hydroxylation is 2. The average Bonchev–Trinajstić information content (AvgIpc) is 1.62. The third kappa shape index (κ3) is 14.2. The van der Waals surface area contributed by atoms with Gasteiger partial charge in [-0.2, -0.15) is 0 Å². The topological polar surface area (TPSA) is 221 Å². The maximum atomic E-state index is 15.1. The predicted molar refractivity (Wildman–Crippen MR) is 383 cm³/mol. The van der Waals surface area contributed by atoms with E-state index in [4.69, 9.17) is 14.2 Å². The SMILES string of the molecule is C=CC(=O)N1CCC[C@@H](n2c(=O)n(-c3ccc(Oc4cccc(C)c4)c(F)c3)c3cnccc32)C1.C=CC(=O)N1CCC[C@@H](n2c(=O)n(-c3ccc(Oc4cccc(C)c4)cc3)c3cnccc32)C1.C=CC(=O)N1CC[C@@H](n2c(=O)n(-c3ccc(Oc4ccccn4)cc3)c3cnccc32)C1. The highest BCUT2D eigenvalue weighted by Crippen LogP contribution is 2.33. The van der Waals surface area contributed by atoms with Crippen molar-refractivity contribution in [2.45, 2.75) is 64.1 Å². The van der Waals surface area contributed by atoms with Crippen LogP contribution in [0.3, 0.4) is 0 Å². The number of likely N-dealkylation sites (tertiary alicyclic amines) is 3. The van der Waals surface area contributed by atoms with Gasteiger partial charge in [0.05, 0.1) is 86.9 Å². The number of carbonyl (C=O) groups excluding carboxylic acids is 3. The molecule has 3 aliphatic rings. The standard InChI is InChI=1S/C27H25FN4O3.C27H26N4O3.C24H21N5O3/c1-3-26(33)30-13-5-7-20(17-30)32-23-11-12-29-16-24(23)31(27(32)34)19-9-10-25(22(28)15-19)35-21-8-4-6-18(2)14-21;1-3-26(32)29-15-5-7-21(18-29)31-24-13-14-28-17-25(24)30(27(31)33)20-9-11-22(12-10-20)34-23-8-4-6-19(2)16-23;1-2-23(30)27-14-11-18(16-27)29-20-10-13-25-15-21(20)28(24(29)31)17-6-8-19(9-7-17)32-22-5-3-4-12-26-22/h3-4,6,8-12,14-16,20H,1,5,7,13,17H2,2H3;3-4,6,8-14,16-17,21H,1,5,7,15,18H2,2H3;2-10,12-13,15,18H,1,11,14,16H2/t20-;21-;18-/m111/s1. The molecule has 0 bridgehead atoms. The van der Waals surface area contributed by atoms with Crippen LogP contribution >= 0.6 is 0 Å². The van der Waals surface area contributed by atoms with Crippen LogP contribution in [-0.2, 0) is 14.4 Å². The molecule has 12 aromatic rings. The van der Waals surface area contributed by atoms with E-state index in [-0.39, 0.29) is 58.7 Å². The molecule has 0 aliphatic carbocycles. The van der Waals surface area contributed by atoms with Crippen molar-refractivity contribution in [1.82, 2.24) is 62.0 Å². The van der Waals surface area contributed by atoms with Crippen LogP contribution in [0.4, 0.5) is 4.39 Å². The number of halogens is 1. The second-order valence-electron chi connectivity index (χ2n) is 24.8. The number of hydrogen-bond donors (Lipinski definition) is 0. The number of aromatic nitrogens is 10. The number of hydrogen-bond acceptors (Lipinski definition) is 13. The molecule has 0 spiro atoms. The number of pyridine rings is 4. The van der Waals surface area contributed by atoms with Gasteiger partial charge in [-0.25, -0.2) is 23.8 Å². The zero-order valence-electron chi connectivity index (χ0n) is 55.7. The van der Waals surface area contributed by atoms with Crippen molar-refractivity contribution in [1.29, 1.82) is 0 Å². The number of fused-ring (bicyclic) bond motifs is 3. The minimum atomic E-state index is -0.582. The highest BCUT2D eigenvalue weighted by atomic mass is 19.1. The first kappa shape index (κ1) is 67.1. The second kappa shape index (κ2) is 29.7. The fourth-order valence-electron chi connectivity index (χ4n) is 13.5. The maximum Gasteiger partial charge on any atom is 0.334 e. The molecule has 0 N–H and O–H groups in total. The van der Waals surface area contributed by atoms with Crippen molar-refractivity contribution in [3.63, 3.8) is 0 Å². The van der Waals surface area contributed by atoms with Gasteiger partial charge in [0.1, 0.15) is 23.0 Å². The van der Waals surface area contributed by atoms with Gasteiger partial charge in [-0.15, -0.1) is 0 Å². The van der Waals surface area contributed by atoms with Crippen LogP contribution in [0, 0.1) is 19.7 Å². The van der Waals surface area contributed by atoms with E-state index >= 15 is 4.39 Å². The molecule has 510 valence electrons. The van der Waals surface area contributed by atoms with Crippen molar-refractivity contribution in [2.75, 3.05) is 39.3 Å². The summed E-state index contributed by atoms with van der Waals surface area (Å²) in [6.07, 6.45) is 19.5. The minimum Gasteiger partial charge on any atom is -0.457 e. The monoisotopic (exact) mass is 1350 g/mol. The number of nitrogens with zero attached hydrogens (tertiary/aromatic N) is 13. The zero-order chi connectivity index (χ0) is 70.3. The van der Waals surface area contributed by atoms with Crippen molar-refractivity contribution >= 4 is 50.8 Å². The fraction of sp³-hybridized carbons (Fsp3) is 0.205. The maximum absolute atomic E-state index is 15.1. The largest absolute Gasteiger partial charge is 0.457 e. The molecule has 10 heterocycles. The summed E-state index contributed by atoms with van der Waals surface area (Å²) in [6.45, 7) is 18.0. The van der Waals surface area contributed by atoms with Gasteiger partial charge >= 0.3 is 17.1 Å². The number of imidazole rings is 3. The van der Waals surface area contributed by atoms with E-state index in [1.807, 2.05) is 117 Å². The minimum absolute atomic E-state index is 0.0696. The van der Waals surface area contributed by atoms with E-state index in [9.17, 15) is 28.8 Å². The van der Waals surface area contributed by atoms with Crippen LogP contribution in [0.2, 0.25) is 0 Å². The molecule has 0 radical (unpaired) electrons. The molecule has 101 heavy (non-hydrogen) atoms. The Labute approximate surface area is 579 Å². The fourth-order valence-corrected chi connectivity index (χ4v) is 13.5. The molecule has 22 nitrogen and oxygen atoms in total. The number of amides is 3. The Morgan fingerprint density at radius 2 is 0.861 bits per heavy atom. The Morgan fingerprint density at radius 1 is 0.436 bits per heavy atom. The molecule has 7 aromatic heterocycles. The first-order valence-corrected chi connectivity index (χ1v) is 33.2. The van der Waals surface area contributed by atoms with Crippen LogP contribution in [0.1, 0.15) is 61.4 Å². The predicted octanol–water partition coefficient (Wildman–Crippen LogP) is 12.7.